The van der Waals surface area contributed by atoms with Gasteiger partial charge in [0.15, 0.2) is 0 Å². The zero-order valence-electron chi connectivity index (χ0n) is 10.4. The first kappa shape index (κ1) is 12.7. The van der Waals surface area contributed by atoms with Crippen LogP contribution in [0, 0.1) is 5.92 Å². The standard InChI is InChI=1S/C14H20ClNO/c1-2-11-4-3-5-13(8-11)17-14-10-16-7-6-12(14)9-15/h6-7,10-11,13H,2-5,8-9H2,1H3. The molecule has 17 heavy (non-hydrogen) atoms. The molecular weight excluding hydrogens is 234 g/mol. The first-order valence-corrected chi connectivity index (χ1v) is 7.02. The molecule has 2 atom stereocenters. The third-order valence-corrected chi connectivity index (χ3v) is 3.91. The lowest BCUT2D eigenvalue weighted by atomic mass is 9.85. The second-order valence-corrected chi connectivity index (χ2v) is 5.07. The van der Waals surface area contributed by atoms with Gasteiger partial charge in [0.05, 0.1) is 18.2 Å². The molecule has 0 spiro atoms. The number of hydrogen-bond acceptors (Lipinski definition) is 2. The summed E-state index contributed by atoms with van der Waals surface area (Å²) in [6.45, 7) is 2.27. The molecule has 2 unspecified atom stereocenters. The van der Waals surface area contributed by atoms with Crippen LogP contribution in [0.2, 0.25) is 0 Å². The fourth-order valence-corrected chi connectivity index (χ4v) is 2.75. The van der Waals surface area contributed by atoms with Crippen molar-refractivity contribution >= 4 is 11.6 Å². The van der Waals surface area contributed by atoms with Gasteiger partial charge in [0.25, 0.3) is 0 Å². The lowest BCUT2D eigenvalue weighted by Crippen LogP contribution is -2.25. The maximum atomic E-state index is 6.06. The third kappa shape index (κ3) is 3.35. The highest BCUT2D eigenvalue weighted by atomic mass is 35.5. The predicted octanol–water partition coefficient (Wildman–Crippen LogP) is 4.17. The molecular formula is C14H20ClNO. The van der Waals surface area contributed by atoms with Gasteiger partial charge in [-0.25, -0.2) is 0 Å². The van der Waals surface area contributed by atoms with Crippen LogP contribution in [-0.4, -0.2) is 11.1 Å². The Kier molecular flexibility index (Phi) is 4.66. The van der Waals surface area contributed by atoms with Gasteiger partial charge in [-0.05, 0) is 31.2 Å². The summed E-state index contributed by atoms with van der Waals surface area (Å²) in [5.74, 6) is 2.18. The highest BCUT2D eigenvalue weighted by Crippen LogP contribution is 2.30. The lowest BCUT2D eigenvalue weighted by Gasteiger charge is -2.29. The van der Waals surface area contributed by atoms with Crippen molar-refractivity contribution in [3.05, 3.63) is 24.0 Å². The van der Waals surface area contributed by atoms with Crippen molar-refractivity contribution in [2.75, 3.05) is 0 Å². The van der Waals surface area contributed by atoms with Crippen molar-refractivity contribution in [2.45, 2.75) is 51.0 Å². The van der Waals surface area contributed by atoms with E-state index in [9.17, 15) is 0 Å². The van der Waals surface area contributed by atoms with Gasteiger partial charge in [0, 0.05) is 11.8 Å². The van der Waals surface area contributed by atoms with E-state index in [-0.39, 0.29) is 0 Å². The van der Waals surface area contributed by atoms with Gasteiger partial charge in [-0.3, -0.25) is 4.98 Å². The van der Waals surface area contributed by atoms with Crippen molar-refractivity contribution in [2.24, 2.45) is 5.92 Å². The largest absolute Gasteiger partial charge is 0.488 e. The summed E-state index contributed by atoms with van der Waals surface area (Å²) in [4.78, 5) is 4.11. The quantitative estimate of drug-likeness (QED) is 0.752. The number of hydrogen-bond donors (Lipinski definition) is 0. The summed E-state index contributed by atoms with van der Waals surface area (Å²) < 4.78 is 6.06. The number of alkyl halides is 1. The summed E-state index contributed by atoms with van der Waals surface area (Å²) in [5.41, 5.74) is 1.04. The molecule has 2 nitrogen and oxygen atoms in total. The van der Waals surface area contributed by atoms with Gasteiger partial charge in [0.2, 0.25) is 0 Å². The van der Waals surface area contributed by atoms with Crippen LogP contribution < -0.4 is 4.74 Å². The van der Waals surface area contributed by atoms with E-state index >= 15 is 0 Å². The van der Waals surface area contributed by atoms with E-state index < -0.39 is 0 Å². The molecule has 1 fully saturated rings. The molecule has 94 valence electrons. The molecule has 0 aromatic carbocycles. The zero-order valence-corrected chi connectivity index (χ0v) is 11.1. The number of ether oxygens (including phenoxy) is 1. The van der Waals surface area contributed by atoms with Crippen LogP contribution in [0.25, 0.3) is 0 Å². The van der Waals surface area contributed by atoms with E-state index in [1.807, 2.05) is 6.07 Å². The Labute approximate surface area is 108 Å². The molecule has 3 heteroatoms. The molecule has 2 rings (SSSR count). The summed E-state index contributed by atoms with van der Waals surface area (Å²) in [6.07, 6.45) is 10.1. The fraction of sp³-hybridized carbons (Fsp3) is 0.643. The molecule has 0 bridgehead atoms. The molecule has 1 heterocycles. The van der Waals surface area contributed by atoms with Crippen LogP contribution >= 0.6 is 11.6 Å². The number of nitrogens with zero attached hydrogens (tertiary/aromatic N) is 1. The van der Waals surface area contributed by atoms with E-state index in [0.717, 1.165) is 23.7 Å². The maximum absolute atomic E-state index is 6.06. The van der Waals surface area contributed by atoms with Crippen LogP contribution in [-0.2, 0) is 5.88 Å². The van der Waals surface area contributed by atoms with Gasteiger partial charge in [-0.15, -0.1) is 11.6 Å². The van der Waals surface area contributed by atoms with E-state index in [0.29, 0.717) is 12.0 Å². The van der Waals surface area contributed by atoms with E-state index in [4.69, 9.17) is 16.3 Å². The second-order valence-electron chi connectivity index (χ2n) is 4.80. The van der Waals surface area contributed by atoms with Gasteiger partial charge in [-0.1, -0.05) is 19.8 Å². The average Bonchev–Trinajstić information content (AvgIpc) is 2.39. The fourth-order valence-electron chi connectivity index (χ4n) is 2.52. The number of pyridine rings is 1. The third-order valence-electron chi connectivity index (χ3n) is 3.62. The highest BCUT2D eigenvalue weighted by molar-refractivity contribution is 6.17. The number of halogens is 1. The van der Waals surface area contributed by atoms with Crippen LogP contribution in [0.1, 0.15) is 44.6 Å². The molecule has 0 amide bonds. The van der Waals surface area contributed by atoms with E-state index in [1.54, 1.807) is 12.4 Å². The van der Waals surface area contributed by atoms with Crippen LogP contribution in [0.5, 0.6) is 5.75 Å². The molecule has 0 aliphatic heterocycles. The van der Waals surface area contributed by atoms with Crippen LogP contribution in [0.15, 0.2) is 18.5 Å². The number of rotatable bonds is 4. The Balaban J connectivity index is 2.00. The van der Waals surface area contributed by atoms with Crippen LogP contribution in [0.4, 0.5) is 0 Å². The van der Waals surface area contributed by atoms with E-state index in [2.05, 4.69) is 11.9 Å². The zero-order chi connectivity index (χ0) is 12.1. The molecule has 0 saturated heterocycles. The van der Waals surface area contributed by atoms with Crippen molar-refractivity contribution in [3.8, 4) is 5.75 Å². The Morgan fingerprint density at radius 3 is 3.12 bits per heavy atom. The first-order valence-electron chi connectivity index (χ1n) is 6.49. The monoisotopic (exact) mass is 253 g/mol. The summed E-state index contributed by atoms with van der Waals surface area (Å²) >= 11 is 5.90. The minimum Gasteiger partial charge on any atom is -0.488 e. The molecule has 1 aromatic rings. The van der Waals surface area contributed by atoms with Gasteiger partial charge in [-0.2, -0.15) is 0 Å². The molecule has 1 aliphatic carbocycles. The molecule has 0 radical (unpaired) electrons. The Morgan fingerprint density at radius 1 is 1.47 bits per heavy atom. The minimum atomic E-state index is 0.347. The van der Waals surface area contributed by atoms with E-state index in [1.165, 1.54) is 25.7 Å². The molecule has 0 N–H and O–H groups in total. The van der Waals surface area contributed by atoms with Crippen molar-refractivity contribution < 1.29 is 4.74 Å². The highest BCUT2D eigenvalue weighted by Gasteiger charge is 2.22. The lowest BCUT2D eigenvalue weighted by molar-refractivity contribution is 0.121. The average molecular weight is 254 g/mol. The Morgan fingerprint density at radius 2 is 2.35 bits per heavy atom. The van der Waals surface area contributed by atoms with Crippen molar-refractivity contribution in [3.63, 3.8) is 0 Å². The number of aromatic nitrogens is 1. The summed E-state index contributed by atoms with van der Waals surface area (Å²) in [5, 5.41) is 0. The second kappa shape index (κ2) is 6.25. The molecule has 1 saturated carbocycles. The van der Waals surface area contributed by atoms with Crippen molar-refractivity contribution in [1.82, 2.24) is 4.98 Å². The summed E-state index contributed by atoms with van der Waals surface area (Å²) in [6, 6.07) is 1.93. The smallest absolute Gasteiger partial charge is 0.142 e. The SMILES string of the molecule is CCC1CCCC(Oc2cnccc2CCl)C1. The van der Waals surface area contributed by atoms with Crippen molar-refractivity contribution in [1.29, 1.82) is 0 Å². The topological polar surface area (TPSA) is 22.1 Å². The van der Waals surface area contributed by atoms with Gasteiger partial charge < -0.3 is 4.74 Å². The first-order chi connectivity index (χ1) is 8.33. The molecule has 1 aromatic heterocycles. The Hall–Kier alpha value is -0.760. The Bertz CT molecular complexity index is 356. The maximum Gasteiger partial charge on any atom is 0.142 e. The minimum absolute atomic E-state index is 0.347. The van der Waals surface area contributed by atoms with Gasteiger partial charge in [0.1, 0.15) is 5.75 Å². The molecule has 1 aliphatic rings. The van der Waals surface area contributed by atoms with Crippen LogP contribution in [0.3, 0.4) is 0 Å². The normalized spacial score (nSPS) is 24.6. The summed E-state index contributed by atoms with van der Waals surface area (Å²) in [7, 11) is 0. The predicted molar refractivity (Wildman–Crippen MR) is 70.5 cm³/mol. The van der Waals surface area contributed by atoms with Gasteiger partial charge >= 0.3 is 0 Å².